The van der Waals surface area contributed by atoms with Crippen LogP contribution in [-0.2, 0) is 11.8 Å². The number of carbonyl (C=O) groups is 1. The van der Waals surface area contributed by atoms with Crippen molar-refractivity contribution in [1.82, 2.24) is 14.7 Å². The molecule has 3 heterocycles. The van der Waals surface area contributed by atoms with E-state index in [2.05, 4.69) is 5.10 Å². The van der Waals surface area contributed by atoms with E-state index in [9.17, 15) is 23.8 Å². The van der Waals surface area contributed by atoms with E-state index in [4.69, 9.17) is 4.74 Å². The van der Waals surface area contributed by atoms with Crippen LogP contribution in [0.3, 0.4) is 0 Å². The Balaban J connectivity index is 1.65. The van der Waals surface area contributed by atoms with Gasteiger partial charge in [0.15, 0.2) is 0 Å². The van der Waals surface area contributed by atoms with E-state index >= 15 is 0 Å². The fourth-order valence-corrected chi connectivity index (χ4v) is 3.37. The molecule has 1 aromatic heterocycles. The number of carbonyl (C=O) groups excluding carboxylic acids is 1. The van der Waals surface area contributed by atoms with Crippen molar-refractivity contribution in [1.29, 1.82) is 0 Å². The highest BCUT2D eigenvalue weighted by molar-refractivity contribution is 5.92. The molecule has 3 rings (SSSR count). The molecule has 2 aliphatic heterocycles. The second-order valence-electron chi connectivity index (χ2n) is 6.50. The molecule has 1 aromatic rings. The SMILES string of the molecule is Cn1nc(C(F)F)cc1C(=O)N1CCC2(CC1)C[C@@H](O)[C@@H](O)CO2. The van der Waals surface area contributed by atoms with Gasteiger partial charge in [0, 0.05) is 26.6 Å². The van der Waals surface area contributed by atoms with Crippen molar-refractivity contribution in [3.63, 3.8) is 0 Å². The van der Waals surface area contributed by atoms with E-state index in [0.29, 0.717) is 32.4 Å². The largest absolute Gasteiger partial charge is 0.390 e. The summed E-state index contributed by atoms with van der Waals surface area (Å²) in [6.45, 7) is 0.877. The molecule has 2 atom stereocenters. The number of alkyl halides is 2. The molecule has 0 saturated carbocycles. The van der Waals surface area contributed by atoms with Crippen molar-refractivity contribution in [3.05, 3.63) is 17.5 Å². The number of likely N-dealkylation sites (tertiary alicyclic amines) is 1. The van der Waals surface area contributed by atoms with Gasteiger partial charge in [-0.1, -0.05) is 0 Å². The van der Waals surface area contributed by atoms with Crippen molar-refractivity contribution in [2.24, 2.45) is 7.05 Å². The summed E-state index contributed by atoms with van der Waals surface area (Å²) in [5.41, 5.74) is -0.820. The molecular formula is C15H21F2N3O4. The first kappa shape index (κ1) is 17.2. The number of halogens is 2. The summed E-state index contributed by atoms with van der Waals surface area (Å²) in [6.07, 6.45) is -3.03. The minimum absolute atomic E-state index is 0.0780. The van der Waals surface area contributed by atoms with E-state index < -0.39 is 29.9 Å². The van der Waals surface area contributed by atoms with Gasteiger partial charge < -0.3 is 19.8 Å². The van der Waals surface area contributed by atoms with Crippen molar-refractivity contribution < 1.29 is 28.5 Å². The number of rotatable bonds is 2. The predicted molar refractivity (Wildman–Crippen MR) is 78.6 cm³/mol. The van der Waals surface area contributed by atoms with Gasteiger partial charge in [0.2, 0.25) is 0 Å². The first-order valence-electron chi connectivity index (χ1n) is 7.93. The molecule has 2 fully saturated rings. The van der Waals surface area contributed by atoms with Gasteiger partial charge in [0.1, 0.15) is 17.5 Å². The molecule has 1 amide bonds. The average molecular weight is 345 g/mol. The molecule has 2 aliphatic rings. The number of aromatic nitrogens is 2. The number of ether oxygens (including phenoxy) is 1. The standard InChI is InChI=1S/C15H21F2N3O4/c1-19-10(6-9(18-19)13(16)17)14(23)20-4-2-15(3-5-20)7-11(21)12(22)8-24-15/h6,11-13,21-22H,2-5,7-8H2,1H3/t11-,12+/m1/s1. The first-order valence-corrected chi connectivity index (χ1v) is 7.93. The van der Waals surface area contributed by atoms with Crippen LogP contribution in [0.1, 0.15) is 41.9 Å². The van der Waals surface area contributed by atoms with Crippen LogP contribution in [0.2, 0.25) is 0 Å². The minimum Gasteiger partial charge on any atom is -0.390 e. The van der Waals surface area contributed by atoms with Crippen LogP contribution in [0.15, 0.2) is 6.07 Å². The summed E-state index contributed by atoms with van der Waals surface area (Å²) in [5.74, 6) is -0.344. The Morgan fingerprint density at radius 1 is 1.38 bits per heavy atom. The van der Waals surface area contributed by atoms with Crippen LogP contribution in [0.25, 0.3) is 0 Å². The lowest BCUT2D eigenvalue weighted by molar-refractivity contribution is -0.185. The molecule has 2 N–H and O–H groups in total. The lowest BCUT2D eigenvalue weighted by atomic mass is 9.82. The van der Waals surface area contributed by atoms with Crippen molar-refractivity contribution in [2.45, 2.75) is 43.5 Å². The van der Waals surface area contributed by atoms with Gasteiger partial charge in [-0.05, 0) is 18.9 Å². The smallest absolute Gasteiger partial charge is 0.282 e. The molecule has 9 heteroatoms. The van der Waals surface area contributed by atoms with Crippen LogP contribution >= 0.6 is 0 Å². The summed E-state index contributed by atoms with van der Waals surface area (Å²) < 4.78 is 32.3. The third kappa shape index (κ3) is 3.15. The number of aliphatic hydroxyl groups excluding tert-OH is 2. The molecule has 0 bridgehead atoms. The molecule has 2 saturated heterocycles. The van der Waals surface area contributed by atoms with Gasteiger partial charge in [0.05, 0.1) is 18.3 Å². The Morgan fingerprint density at radius 2 is 2.04 bits per heavy atom. The van der Waals surface area contributed by atoms with E-state index in [1.54, 1.807) is 4.90 Å². The maximum absolute atomic E-state index is 12.7. The number of hydrogen-bond acceptors (Lipinski definition) is 5. The Morgan fingerprint density at radius 3 is 2.58 bits per heavy atom. The van der Waals surface area contributed by atoms with Gasteiger partial charge in [-0.15, -0.1) is 0 Å². The molecule has 1 spiro atoms. The number of aliphatic hydroxyl groups is 2. The maximum atomic E-state index is 12.7. The monoisotopic (exact) mass is 345 g/mol. The molecule has 0 aliphatic carbocycles. The van der Waals surface area contributed by atoms with E-state index in [0.717, 1.165) is 6.07 Å². The van der Waals surface area contributed by atoms with Crippen molar-refractivity contribution >= 4 is 5.91 Å². The zero-order valence-corrected chi connectivity index (χ0v) is 13.4. The number of hydrogen-bond donors (Lipinski definition) is 2. The van der Waals surface area contributed by atoms with Gasteiger partial charge in [-0.3, -0.25) is 9.48 Å². The number of aryl methyl sites for hydroxylation is 1. The highest BCUT2D eigenvalue weighted by atomic mass is 19.3. The topological polar surface area (TPSA) is 87.8 Å². The predicted octanol–water partition coefficient (Wildman–Crippen LogP) is 0.475. The van der Waals surface area contributed by atoms with Crippen LogP contribution in [0.5, 0.6) is 0 Å². The third-order valence-corrected chi connectivity index (χ3v) is 4.89. The van der Waals surface area contributed by atoms with Crippen LogP contribution < -0.4 is 0 Å². The quantitative estimate of drug-likeness (QED) is 0.814. The Hall–Kier alpha value is -1.58. The molecule has 24 heavy (non-hydrogen) atoms. The van der Waals surface area contributed by atoms with Crippen molar-refractivity contribution in [3.8, 4) is 0 Å². The molecule has 134 valence electrons. The van der Waals surface area contributed by atoms with Crippen LogP contribution in [0.4, 0.5) is 8.78 Å². The van der Waals surface area contributed by atoms with Gasteiger partial charge >= 0.3 is 0 Å². The number of piperidine rings is 1. The van der Waals surface area contributed by atoms with Gasteiger partial charge in [-0.2, -0.15) is 5.10 Å². The fraction of sp³-hybridized carbons (Fsp3) is 0.733. The highest BCUT2D eigenvalue weighted by Crippen LogP contribution is 2.35. The van der Waals surface area contributed by atoms with E-state index in [-0.39, 0.29) is 18.2 Å². The Bertz CT molecular complexity index is 614. The lowest BCUT2D eigenvalue weighted by Crippen LogP contribution is -2.55. The summed E-state index contributed by atoms with van der Waals surface area (Å²) in [6, 6.07) is 1.12. The summed E-state index contributed by atoms with van der Waals surface area (Å²) in [4.78, 5) is 14.1. The second-order valence-corrected chi connectivity index (χ2v) is 6.50. The van der Waals surface area contributed by atoms with Gasteiger partial charge in [0.25, 0.3) is 12.3 Å². The summed E-state index contributed by atoms with van der Waals surface area (Å²) >= 11 is 0. The fourth-order valence-electron chi connectivity index (χ4n) is 3.37. The van der Waals surface area contributed by atoms with Gasteiger partial charge in [-0.25, -0.2) is 8.78 Å². The van der Waals surface area contributed by atoms with Crippen LogP contribution in [-0.4, -0.2) is 68.3 Å². The normalized spacial score (nSPS) is 27.0. The zero-order chi connectivity index (χ0) is 17.5. The molecule has 7 nitrogen and oxygen atoms in total. The molecule has 0 radical (unpaired) electrons. The van der Waals surface area contributed by atoms with E-state index in [1.165, 1.54) is 11.7 Å². The summed E-state index contributed by atoms with van der Waals surface area (Å²) in [7, 11) is 1.46. The molecular weight excluding hydrogens is 324 g/mol. The number of amides is 1. The summed E-state index contributed by atoms with van der Waals surface area (Å²) in [5, 5.41) is 23.1. The third-order valence-electron chi connectivity index (χ3n) is 4.89. The minimum atomic E-state index is -2.72. The highest BCUT2D eigenvalue weighted by Gasteiger charge is 2.43. The van der Waals surface area contributed by atoms with Crippen molar-refractivity contribution in [2.75, 3.05) is 19.7 Å². The van der Waals surface area contributed by atoms with E-state index in [1.807, 2.05) is 0 Å². The zero-order valence-electron chi connectivity index (χ0n) is 13.4. The molecule has 0 aromatic carbocycles. The Kier molecular flexibility index (Phi) is 4.58. The second kappa shape index (κ2) is 6.38. The maximum Gasteiger partial charge on any atom is 0.282 e. The molecule has 0 unspecified atom stereocenters. The first-order chi connectivity index (χ1) is 11.3. The van der Waals surface area contributed by atoms with Crippen LogP contribution in [0, 0.1) is 0 Å². The Labute approximate surface area is 137 Å². The average Bonchev–Trinajstić information content (AvgIpc) is 2.94. The lowest BCUT2D eigenvalue weighted by Gasteiger charge is -2.46. The number of nitrogens with zero attached hydrogens (tertiary/aromatic N) is 3.